The summed E-state index contributed by atoms with van der Waals surface area (Å²) in [7, 11) is 0. The van der Waals surface area contributed by atoms with Gasteiger partial charge in [-0.25, -0.2) is 4.98 Å². The Labute approximate surface area is 118 Å². The fourth-order valence-electron chi connectivity index (χ4n) is 1.98. The van der Waals surface area contributed by atoms with Crippen LogP contribution in [0.15, 0.2) is 48.8 Å². The van der Waals surface area contributed by atoms with E-state index < -0.39 is 0 Å². The first kappa shape index (κ1) is 13.6. The van der Waals surface area contributed by atoms with E-state index in [-0.39, 0.29) is 0 Å². The van der Waals surface area contributed by atoms with Crippen LogP contribution in [-0.2, 0) is 0 Å². The molecule has 0 aliphatic rings. The summed E-state index contributed by atoms with van der Waals surface area (Å²) in [5, 5.41) is 1.92. The lowest BCUT2D eigenvalue weighted by Crippen LogP contribution is -1.95. The van der Waals surface area contributed by atoms with Gasteiger partial charge < -0.3 is 0 Å². The van der Waals surface area contributed by atoms with Gasteiger partial charge in [0, 0.05) is 17.8 Å². The number of pyridine rings is 1. The van der Waals surface area contributed by atoms with Crippen LogP contribution >= 0.6 is 11.6 Å². The molecule has 98 valence electrons. The first-order chi connectivity index (χ1) is 9.27. The second-order valence-electron chi connectivity index (χ2n) is 4.01. The molecule has 0 unspecified atom stereocenters. The second-order valence-corrected chi connectivity index (χ2v) is 4.39. The molecule has 2 aromatic heterocycles. The van der Waals surface area contributed by atoms with Crippen LogP contribution in [0.2, 0.25) is 5.02 Å². The van der Waals surface area contributed by atoms with E-state index in [0.29, 0.717) is 0 Å². The van der Waals surface area contributed by atoms with Crippen LogP contribution in [0, 0.1) is 6.92 Å². The molecule has 0 saturated heterocycles. The SMILES string of the molecule is CC.Cc1ccc2ccn(-c3ccccn3)c2c1Cl. The molecule has 3 rings (SSSR count). The van der Waals surface area contributed by atoms with Crippen molar-refractivity contribution in [3.8, 4) is 5.82 Å². The van der Waals surface area contributed by atoms with Crippen LogP contribution in [0.1, 0.15) is 19.4 Å². The molecule has 2 nitrogen and oxygen atoms in total. The minimum Gasteiger partial charge on any atom is -0.300 e. The topological polar surface area (TPSA) is 17.8 Å². The molecule has 0 spiro atoms. The van der Waals surface area contributed by atoms with E-state index in [1.165, 1.54) is 0 Å². The smallest absolute Gasteiger partial charge is 0.137 e. The summed E-state index contributed by atoms with van der Waals surface area (Å²) in [5.41, 5.74) is 2.10. The third kappa shape index (κ3) is 2.49. The Hall–Kier alpha value is -1.80. The quantitative estimate of drug-likeness (QED) is 0.609. The normalized spacial score (nSPS) is 10.1. The number of hydrogen-bond donors (Lipinski definition) is 0. The van der Waals surface area contributed by atoms with Gasteiger partial charge in [0.2, 0.25) is 0 Å². The van der Waals surface area contributed by atoms with Gasteiger partial charge in [-0.2, -0.15) is 0 Å². The summed E-state index contributed by atoms with van der Waals surface area (Å²) in [4.78, 5) is 4.35. The van der Waals surface area contributed by atoms with Crippen molar-refractivity contribution in [2.75, 3.05) is 0 Å². The van der Waals surface area contributed by atoms with E-state index in [1.807, 2.05) is 55.8 Å². The molecular weight excluding hydrogens is 256 g/mol. The Morgan fingerprint density at radius 3 is 2.53 bits per heavy atom. The summed E-state index contributed by atoms with van der Waals surface area (Å²) in [5.74, 6) is 0.884. The molecule has 1 aromatic carbocycles. The lowest BCUT2D eigenvalue weighted by molar-refractivity contribution is 1.04. The van der Waals surface area contributed by atoms with E-state index in [0.717, 1.165) is 27.3 Å². The van der Waals surface area contributed by atoms with Crippen LogP contribution in [0.25, 0.3) is 16.7 Å². The van der Waals surface area contributed by atoms with Crippen molar-refractivity contribution in [2.24, 2.45) is 0 Å². The predicted molar refractivity (Wildman–Crippen MR) is 82.2 cm³/mol. The molecule has 0 radical (unpaired) electrons. The molecule has 0 atom stereocenters. The molecule has 19 heavy (non-hydrogen) atoms. The fourth-order valence-corrected chi connectivity index (χ4v) is 2.24. The van der Waals surface area contributed by atoms with Crippen molar-refractivity contribution in [1.82, 2.24) is 9.55 Å². The maximum atomic E-state index is 6.37. The molecule has 0 bridgehead atoms. The lowest BCUT2D eigenvalue weighted by Gasteiger charge is -2.06. The van der Waals surface area contributed by atoms with Gasteiger partial charge in [-0.15, -0.1) is 0 Å². The van der Waals surface area contributed by atoms with Gasteiger partial charge in [0.15, 0.2) is 0 Å². The maximum Gasteiger partial charge on any atom is 0.137 e. The molecule has 0 saturated carbocycles. The lowest BCUT2D eigenvalue weighted by atomic mass is 10.2. The Morgan fingerprint density at radius 2 is 1.84 bits per heavy atom. The zero-order valence-corrected chi connectivity index (χ0v) is 12.1. The minimum atomic E-state index is 0.790. The average molecular weight is 273 g/mol. The number of halogens is 1. The van der Waals surface area contributed by atoms with Gasteiger partial charge in [-0.3, -0.25) is 4.57 Å². The van der Waals surface area contributed by atoms with Gasteiger partial charge in [0.25, 0.3) is 0 Å². The van der Waals surface area contributed by atoms with Crippen molar-refractivity contribution in [3.63, 3.8) is 0 Å². The highest BCUT2D eigenvalue weighted by Gasteiger charge is 2.09. The Morgan fingerprint density at radius 1 is 1.05 bits per heavy atom. The molecule has 3 heteroatoms. The first-order valence-corrected chi connectivity index (χ1v) is 6.83. The number of hydrogen-bond acceptors (Lipinski definition) is 1. The average Bonchev–Trinajstić information content (AvgIpc) is 2.91. The van der Waals surface area contributed by atoms with E-state index in [9.17, 15) is 0 Å². The number of nitrogens with zero attached hydrogens (tertiary/aromatic N) is 2. The van der Waals surface area contributed by atoms with Gasteiger partial charge >= 0.3 is 0 Å². The molecule has 0 N–H and O–H groups in total. The highest BCUT2D eigenvalue weighted by atomic mass is 35.5. The monoisotopic (exact) mass is 272 g/mol. The van der Waals surface area contributed by atoms with Crippen LogP contribution in [0.3, 0.4) is 0 Å². The van der Waals surface area contributed by atoms with Crippen LogP contribution in [0.5, 0.6) is 0 Å². The zero-order chi connectivity index (χ0) is 13.8. The summed E-state index contributed by atoms with van der Waals surface area (Å²) >= 11 is 6.37. The third-order valence-corrected chi connectivity index (χ3v) is 3.36. The molecule has 0 aliphatic carbocycles. The number of rotatable bonds is 1. The van der Waals surface area contributed by atoms with Crippen molar-refractivity contribution >= 4 is 22.5 Å². The number of aryl methyl sites for hydroxylation is 1. The van der Waals surface area contributed by atoms with Crippen molar-refractivity contribution < 1.29 is 0 Å². The highest BCUT2D eigenvalue weighted by molar-refractivity contribution is 6.36. The molecule has 0 amide bonds. The Bertz CT molecular complexity index is 672. The number of aromatic nitrogens is 2. The standard InChI is InChI=1S/C14H11ClN2.C2H6/c1-10-5-6-11-7-9-17(14(11)13(10)15)12-4-2-3-8-16-12;1-2/h2-9H,1H3;1-2H3. The molecule has 3 aromatic rings. The van der Waals surface area contributed by atoms with E-state index in [2.05, 4.69) is 17.1 Å². The van der Waals surface area contributed by atoms with Gasteiger partial charge in [-0.05, 0) is 30.7 Å². The van der Waals surface area contributed by atoms with E-state index >= 15 is 0 Å². The zero-order valence-electron chi connectivity index (χ0n) is 11.4. The van der Waals surface area contributed by atoms with Crippen LogP contribution in [-0.4, -0.2) is 9.55 Å². The second kappa shape index (κ2) is 5.89. The third-order valence-electron chi connectivity index (χ3n) is 2.88. The number of benzene rings is 1. The Kier molecular flexibility index (Phi) is 4.23. The van der Waals surface area contributed by atoms with Crippen LogP contribution < -0.4 is 0 Å². The largest absolute Gasteiger partial charge is 0.300 e. The summed E-state index contributed by atoms with van der Waals surface area (Å²) < 4.78 is 2.02. The van der Waals surface area contributed by atoms with Crippen LogP contribution in [0.4, 0.5) is 0 Å². The summed E-state index contributed by atoms with van der Waals surface area (Å²) in [6.07, 6.45) is 3.78. The van der Waals surface area contributed by atoms with Gasteiger partial charge in [0.1, 0.15) is 5.82 Å². The van der Waals surface area contributed by atoms with E-state index in [1.54, 1.807) is 6.20 Å². The molecule has 0 fully saturated rings. The predicted octanol–water partition coefficient (Wildman–Crippen LogP) is 5.01. The van der Waals surface area contributed by atoms with Gasteiger partial charge in [-0.1, -0.05) is 43.6 Å². The summed E-state index contributed by atoms with van der Waals surface area (Å²) in [6.45, 7) is 6.01. The fraction of sp³-hybridized carbons (Fsp3) is 0.188. The first-order valence-electron chi connectivity index (χ1n) is 6.45. The van der Waals surface area contributed by atoms with Crippen molar-refractivity contribution in [2.45, 2.75) is 20.8 Å². The maximum absolute atomic E-state index is 6.37. The Balaban J connectivity index is 0.000000637. The van der Waals surface area contributed by atoms with E-state index in [4.69, 9.17) is 11.6 Å². The van der Waals surface area contributed by atoms with Crippen molar-refractivity contribution in [1.29, 1.82) is 0 Å². The summed E-state index contributed by atoms with van der Waals surface area (Å²) in [6, 6.07) is 12.0. The molecular formula is C16H17ClN2. The molecule has 0 aliphatic heterocycles. The minimum absolute atomic E-state index is 0.790. The van der Waals surface area contributed by atoms with Gasteiger partial charge in [0.05, 0.1) is 10.5 Å². The van der Waals surface area contributed by atoms with Crippen molar-refractivity contribution in [3.05, 3.63) is 59.4 Å². The molecule has 2 heterocycles. The highest BCUT2D eigenvalue weighted by Crippen LogP contribution is 2.29. The number of fused-ring (bicyclic) bond motifs is 1.